The Hall–Kier alpha value is -2.60. The first-order chi connectivity index (χ1) is 16.3. The fourth-order valence-electron chi connectivity index (χ4n) is 3.62. The van der Waals surface area contributed by atoms with Gasteiger partial charge in [0.15, 0.2) is 0 Å². The number of nitrogens with one attached hydrogen (secondary N) is 1. The van der Waals surface area contributed by atoms with Gasteiger partial charge in [0.1, 0.15) is 5.82 Å². The highest BCUT2D eigenvalue weighted by Gasteiger charge is 2.16. The summed E-state index contributed by atoms with van der Waals surface area (Å²) in [4.78, 5) is 14.4. The molecule has 186 valence electrons. The molecule has 0 aliphatic carbocycles. The van der Waals surface area contributed by atoms with E-state index in [1.54, 1.807) is 0 Å². The second-order valence-electron chi connectivity index (χ2n) is 8.37. The Bertz CT molecular complexity index is 934. The monoisotopic (exact) mass is 528 g/mol. The molecule has 34 heavy (non-hydrogen) atoms. The maximum absolute atomic E-state index is 12.6. The summed E-state index contributed by atoms with van der Waals surface area (Å²) in [6.07, 6.45) is 10.5. The van der Waals surface area contributed by atoms with E-state index < -0.39 is 0 Å². The Kier molecular flexibility index (Phi) is 13.9. The highest BCUT2D eigenvalue weighted by atomic mass is 79.9. The lowest BCUT2D eigenvalue weighted by molar-refractivity contribution is -0.133. The van der Waals surface area contributed by atoms with Crippen LogP contribution in [0.4, 0.5) is 0 Å². The molecule has 6 heteroatoms. The zero-order valence-corrected chi connectivity index (χ0v) is 22.9. The Labute approximate surface area is 214 Å². The van der Waals surface area contributed by atoms with Crippen LogP contribution in [0.1, 0.15) is 49.4 Å². The molecule has 1 atom stereocenters. The average Bonchev–Trinajstić information content (AvgIpc) is 3.18. The minimum atomic E-state index is 0.0570. The van der Waals surface area contributed by atoms with E-state index in [9.17, 15) is 4.79 Å². The maximum Gasteiger partial charge on any atom is 0.225 e. The topological polar surface area (TPSA) is 50.2 Å². The van der Waals surface area contributed by atoms with E-state index in [1.165, 1.54) is 11.1 Å². The first kappa shape index (κ1) is 29.4. The zero-order chi connectivity index (χ0) is 25.5. The second kappa shape index (κ2) is 16.1. The van der Waals surface area contributed by atoms with Gasteiger partial charge in [-0.2, -0.15) is 5.10 Å². The summed E-state index contributed by atoms with van der Waals surface area (Å²) >= 11 is 3.56. The minimum Gasteiger partial charge on any atom is -0.370 e. The summed E-state index contributed by atoms with van der Waals surface area (Å²) < 4.78 is 2.91. The number of aromatic nitrogens is 2. The summed E-state index contributed by atoms with van der Waals surface area (Å²) in [7, 11) is 1.90. The molecule has 0 radical (unpaired) electrons. The molecule has 1 aromatic carbocycles. The molecule has 0 saturated heterocycles. The van der Waals surface area contributed by atoms with Crippen LogP contribution in [0.25, 0.3) is 5.82 Å². The van der Waals surface area contributed by atoms with Crippen LogP contribution in [-0.4, -0.2) is 40.7 Å². The highest BCUT2D eigenvalue weighted by molar-refractivity contribution is 9.10. The normalized spacial score (nSPS) is 11.9. The van der Waals surface area contributed by atoms with Crippen molar-refractivity contribution in [3.05, 3.63) is 83.6 Å². The van der Waals surface area contributed by atoms with E-state index in [1.807, 2.05) is 42.7 Å². The third-order valence-corrected chi connectivity index (χ3v) is 6.55. The first-order valence-electron chi connectivity index (χ1n) is 11.9. The molecule has 1 N–H and O–H groups in total. The molecule has 0 spiro atoms. The van der Waals surface area contributed by atoms with Crippen molar-refractivity contribution in [1.82, 2.24) is 20.0 Å². The molecular formula is C28H41BrN4O. The number of hydrogen-bond acceptors (Lipinski definition) is 3. The van der Waals surface area contributed by atoms with Gasteiger partial charge >= 0.3 is 0 Å². The molecule has 1 unspecified atom stereocenters. The van der Waals surface area contributed by atoms with Crippen molar-refractivity contribution in [3.63, 3.8) is 0 Å². The van der Waals surface area contributed by atoms with Gasteiger partial charge in [-0.25, -0.2) is 4.68 Å². The Morgan fingerprint density at radius 3 is 2.59 bits per heavy atom. The van der Waals surface area contributed by atoms with Crippen LogP contribution in [0.5, 0.6) is 0 Å². The molecule has 0 saturated carbocycles. The van der Waals surface area contributed by atoms with Crippen molar-refractivity contribution in [1.29, 1.82) is 0 Å². The third kappa shape index (κ3) is 9.34. The number of aryl methyl sites for hydroxylation is 1. The Balaban J connectivity index is 0.00000281. The third-order valence-electron chi connectivity index (χ3n) is 5.77. The summed E-state index contributed by atoms with van der Waals surface area (Å²) in [5, 5.41) is 8.06. The molecular weight excluding hydrogens is 488 g/mol. The Morgan fingerprint density at radius 2 is 1.97 bits per heavy atom. The van der Waals surface area contributed by atoms with Gasteiger partial charge in [0.25, 0.3) is 0 Å². The number of allylic oxidation sites excluding steroid dienone is 2. The van der Waals surface area contributed by atoms with Gasteiger partial charge in [0.2, 0.25) is 5.91 Å². The van der Waals surface area contributed by atoms with Crippen molar-refractivity contribution < 1.29 is 4.79 Å². The lowest BCUT2D eigenvalue weighted by Gasteiger charge is -2.22. The highest BCUT2D eigenvalue weighted by Crippen LogP contribution is 2.18. The maximum atomic E-state index is 12.6. The van der Waals surface area contributed by atoms with Gasteiger partial charge in [0, 0.05) is 26.1 Å². The van der Waals surface area contributed by atoms with Crippen molar-refractivity contribution in [2.75, 3.05) is 20.1 Å². The van der Waals surface area contributed by atoms with Crippen molar-refractivity contribution in [3.8, 4) is 0 Å². The number of carbonyl (C=O) groups excluding carboxylic acids is 1. The van der Waals surface area contributed by atoms with Gasteiger partial charge in [-0.1, -0.05) is 37.3 Å². The van der Waals surface area contributed by atoms with Crippen molar-refractivity contribution in [2.24, 2.45) is 5.92 Å². The fourth-order valence-corrected chi connectivity index (χ4v) is 3.88. The van der Waals surface area contributed by atoms with Crippen LogP contribution < -0.4 is 5.32 Å². The van der Waals surface area contributed by atoms with E-state index in [4.69, 9.17) is 0 Å². The zero-order valence-electron chi connectivity index (χ0n) is 21.3. The molecule has 5 nitrogen and oxygen atoms in total. The van der Waals surface area contributed by atoms with E-state index in [0.717, 1.165) is 61.2 Å². The summed E-state index contributed by atoms with van der Waals surface area (Å²) in [6, 6.07) is 8.43. The predicted molar refractivity (Wildman–Crippen MR) is 149 cm³/mol. The van der Waals surface area contributed by atoms with Gasteiger partial charge in [-0.3, -0.25) is 4.79 Å². The number of halogens is 1. The fraction of sp³-hybridized carbons (Fsp3) is 0.429. The molecule has 0 fully saturated rings. The Morgan fingerprint density at radius 1 is 1.26 bits per heavy atom. The van der Waals surface area contributed by atoms with E-state index in [2.05, 4.69) is 83.3 Å². The molecule has 2 aromatic rings. The van der Waals surface area contributed by atoms with Gasteiger partial charge in [0.05, 0.1) is 16.4 Å². The molecule has 1 aromatic heterocycles. The number of nitrogens with zero attached hydrogens (tertiary/aromatic N) is 3. The van der Waals surface area contributed by atoms with Gasteiger partial charge in [-0.15, -0.1) is 19.7 Å². The van der Waals surface area contributed by atoms with Crippen molar-refractivity contribution >= 4 is 27.7 Å². The minimum absolute atomic E-state index is 0.0570. The smallest absolute Gasteiger partial charge is 0.225 e. The number of rotatable bonds is 13. The average molecular weight is 530 g/mol. The summed E-state index contributed by atoms with van der Waals surface area (Å²) in [5.74, 6) is 1.24. The van der Waals surface area contributed by atoms with Crippen LogP contribution in [0.15, 0.2) is 66.8 Å². The number of carbonyl (C=O) groups is 1. The van der Waals surface area contributed by atoms with Gasteiger partial charge < -0.3 is 10.2 Å². The lowest BCUT2D eigenvalue weighted by Crippen LogP contribution is -2.34. The number of benzene rings is 1. The number of amides is 1. The lowest BCUT2D eigenvalue weighted by atomic mass is 10.0. The van der Waals surface area contributed by atoms with E-state index in [0.29, 0.717) is 0 Å². The molecule has 0 aliphatic rings. The predicted octanol–water partition coefficient (Wildman–Crippen LogP) is 6.54. The molecule has 0 aliphatic heterocycles. The van der Waals surface area contributed by atoms with Crippen LogP contribution in [0.3, 0.4) is 0 Å². The number of unbranched alkanes of at least 4 members (excludes halogenated alkanes) is 1. The SMILES string of the molecule is C=C.C=CCCCC(C)C(=O)N(C)CCCN/C(=C/Cc1ccccc1C)n1ncc(Br)c1C. The van der Waals surface area contributed by atoms with Gasteiger partial charge in [-0.05, 0) is 79.1 Å². The van der Waals surface area contributed by atoms with E-state index in [-0.39, 0.29) is 11.8 Å². The summed E-state index contributed by atoms with van der Waals surface area (Å²) in [6.45, 7) is 17.4. The first-order valence-corrected chi connectivity index (χ1v) is 12.7. The molecule has 2 rings (SSSR count). The van der Waals surface area contributed by atoms with Crippen LogP contribution in [0.2, 0.25) is 0 Å². The van der Waals surface area contributed by atoms with Crippen molar-refractivity contribution in [2.45, 2.75) is 52.9 Å². The van der Waals surface area contributed by atoms with Crippen LogP contribution in [0, 0.1) is 19.8 Å². The van der Waals surface area contributed by atoms with Crippen LogP contribution in [-0.2, 0) is 11.2 Å². The van der Waals surface area contributed by atoms with Crippen LogP contribution >= 0.6 is 15.9 Å². The molecule has 0 bridgehead atoms. The second-order valence-corrected chi connectivity index (χ2v) is 9.22. The molecule has 1 heterocycles. The summed E-state index contributed by atoms with van der Waals surface area (Å²) in [5.41, 5.74) is 3.63. The number of hydrogen-bond donors (Lipinski definition) is 1. The largest absolute Gasteiger partial charge is 0.370 e. The quantitative estimate of drug-likeness (QED) is 0.237. The standard InChI is InChI=1S/C26H37BrN4O.C2H4/c1-6-7-8-13-21(3)26(32)30(5)18-11-17-28-25(31-22(4)24(27)19-29-31)16-15-23-14-10-9-12-20(23)2;1-2/h6,9-10,12,14,16,19,21,28H,1,7-8,11,13,15,17-18H2,2-5H3;1-2H2/b25-16-;. The molecule has 1 amide bonds. The van der Waals surface area contributed by atoms with E-state index >= 15 is 0 Å².